The van der Waals surface area contributed by atoms with Gasteiger partial charge < -0.3 is 4.74 Å². The molecule has 0 aliphatic rings. The van der Waals surface area contributed by atoms with E-state index in [1.54, 1.807) is 12.1 Å². The van der Waals surface area contributed by atoms with Crippen LogP contribution >= 0.6 is 0 Å². The van der Waals surface area contributed by atoms with Gasteiger partial charge in [0.15, 0.2) is 0 Å². The van der Waals surface area contributed by atoms with E-state index in [-0.39, 0.29) is 17.8 Å². The molecule has 162 valence electrons. The summed E-state index contributed by atoms with van der Waals surface area (Å²) in [5, 5.41) is 0. The second-order valence-corrected chi connectivity index (χ2v) is 8.67. The Morgan fingerprint density at radius 3 is 2.13 bits per heavy atom. The summed E-state index contributed by atoms with van der Waals surface area (Å²) in [6, 6.07) is 16.4. The third-order valence-electron chi connectivity index (χ3n) is 5.43. The molecular weight excluding hydrogens is 374 g/mol. The first-order chi connectivity index (χ1) is 14.2. The molecule has 0 amide bonds. The Balaban J connectivity index is 2.49. The summed E-state index contributed by atoms with van der Waals surface area (Å²) < 4.78 is 5.74. The first-order valence-corrected chi connectivity index (χ1v) is 10.9. The van der Waals surface area contributed by atoms with Gasteiger partial charge >= 0.3 is 5.97 Å². The minimum Gasteiger partial charge on any atom is -0.426 e. The average molecular weight is 410 g/mol. The lowest BCUT2D eigenvalue weighted by molar-refractivity contribution is -0.137. The molecule has 0 aliphatic carbocycles. The summed E-state index contributed by atoms with van der Waals surface area (Å²) in [5.41, 5.74) is 2.61. The van der Waals surface area contributed by atoms with E-state index in [1.807, 2.05) is 38.1 Å². The van der Waals surface area contributed by atoms with Gasteiger partial charge in [0.05, 0.1) is 5.92 Å². The van der Waals surface area contributed by atoms with Gasteiger partial charge in [-0.2, -0.15) is 0 Å². The maximum absolute atomic E-state index is 12.3. The Labute approximate surface area is 181 Å². The van der Waals surface area contributed by atoms with Gasteiger partial charge in [-0.3, -0.25) is 14.5 Å². The van der Waals surface area contributed by atoms with Crippen LogP contribution in [-0.4, -0.2) is 35.8 Å². The number of carbonyl (C=O) groups excluding carboxylic acids is 2. The summed E-state index contributed by atoms with van der Waals surface area (Å²) in [4.78, 5) is 26.3. The number of ether oxygens (including phenoxy) is 1. The van der Waals surface area contributed by atoms with Gasteiger partial charge in [-0.15, -0.1) is 0 Å². The molecule has 0 spiro atoms. The number of benzene rings is 2. The van der Waals surface area contributed by atoms with E-state index in [4.69, 9.17) is 4.74 Å². The van der Waals surface area contributed by atoms with E-state index in [9.17, 15) is 9.59 Å². The molecule has 2 rings (SSSR count). The van der Waals surface area contributed by atoms with E-state index in [1.165, 1.54) is 0 Å². The molecule has 4 heteroatoms. The topological polar surface area (TPSA) is 46.6 Å². The van der Waals surface area contributed by atoms with Crippen molar-refractivity contribution in [3.63, 3.8) is 0 Å². The Morgan fingerprint density at radius 1 is 0.967 bits per heavy atom. The highest BCUT2D eigenvalue weighted by Gasteiger charge is 2.23. The number of aldehydes is 1. The molecule has 0 aliphatic heterocycles. The Hall–Kier alpha value is -2.46. The fourth-order valence-corrected chi connectivity index (χ4v) is 3.81. The minimum absolute atomic E-state index is 0.0149. The van der Waals surface area contributed by atoms with E-state index in [0.29, 0.717) is 23.4 Å². The lowest BCUT2D eigenvalue weighted by atomic mass is 9.86. The van der Waals surface area contributed by atoms with Gasteiger partial charge in [-0.05, 0) is 64.4 Å². The number of rotatable bonds is 10. The van der Waals surface area contributed by atoms with E-state index < -0.39 is 0 Å². The fraction of sp³-hybridized carbons (Fsp3) is 0.462. The first-order valence-electron chi connectivity index (χ1n) is 10.9. The van der Waals surface area contributed by atoms with Crippen molar-refractivity contribution in [1.82, 2.24) is 4.90 Å². The van der Waals surface area contributed by atoms with Crippen molar-refractivity contribution < 1.29 is 14.3 Å². The zero-order chi connectivity index (χ0) is 22.3. The Bertz CT molecular complexity index is 819. The molecule has 0 fully saturated rings. The van der Waals surface area contributed by atoms with Crippen molar-refractivity contribution in [2.45, 2.75) is 66.0 Å². The van der Waals surface area contributed by atoms with Gasteiger partial charge in [0.25, 0.3) is 0 Å². The largest absolute Gasteiger partial charge is 0.426 e. The maximum atomic E-state index is 12.3. The number of esters is 1. The third-order valence-corrected chi connectivity index (χ3v) is 5.43. The normalized spacial score (nSPS) is 12.6. The molecule has 2 aromatic carbocycles. The van der Waals surface area contributed by atoms with Crippen LogP contribution in [0.25, 0.3) is 0 Å². The molecule has 0 N–H and O–H groups in total. The van der Waals surface area contributed by atoms with Crippen LogP contribution in [0.3, 0.4) is 0 Å². The predicted octanol–water partition coefficient (Wildman–Crippen LogP) is 5.70. The Kier molecular flexibility index (Phi) is 8.79. The minimum atomic E-state index is -0.270. The van der Waals surface area contributed by atoms with Crippen molar-refractivity contribution >= 4 is 12.3 Å². The van der Waals surface area contributed by atoms with E-state index in [0.717, 1.165) is 30.4 Å². The van der Waals surface area contributed by atoms with E-state index in [2.05, 4.69) is 44.7 Å². The second kappa shape index (κ2) is 11.1. The molecule has 2 aromatic rings. The van der Waals surface area contributed by atoms with Crippen molar-refractivity contribution in [2.75, 3.05) is 6.54 Å². The van der Waals surface area contributed by atoms with Crippen molar-refractivity contribution in [3.8, 4) is 5.75 Å². The standard InChI is InChI=1S/C26H35NO3/c1-18(2)26(29)30-25-13-12-21(17-28)16-24(25)23(22-10-8-7-9-11-22)14-15-27(19(3)4)20(5)6/h7-13,16-20,23H,14-15H2,1-6H3/t23-/m1/s1. The van der Waals surface area contributed by atoms with Gasteiger partial charge in [0.2, 0.25) is 0 Å². The SMILES string of the molecule is CC(C)C(=O)Oc1ccc(C=O)cc1[C@H](CCN(C(C)C)C(C)C)c1ccccc1. The highest BCUT2D eigenvalue weighted by Crippen LogP contribution is 2.36. The molecule has 0 saturated heterocycles. The van der Waals surface area contributed by atoms with Crippen LogP contribution in [0, 0.1) is 5.92 Å². The second-order valence-electron chi connectivity index (χ2n) is 8.67. The van der Waals surface area contributed by atoms with Gasteiger partial charge in [-0.1, -0.05) is 44.2 Å². The molecular formula is C26H35NO3. The molecule has 30 heavy (non-hydrogen) atoms. The molecule has 1 atom stereocenters. The van der Waals surface area contributed by atoms with Crippen LogP contribution in [-0.2, 0) is 4.79 Å². The lowest BCUT2D eigenvalue weighted by Crippen LogP contribution is -2.38. The number of carbonyl (C=O) groups is 2. The molecule has 0 bridgehead atoms. The smallest absolute Gasteiger partial charge is 0.313 e. The van der Waals surface area contributed by atoms with Crippen LogP contribution in [0.15, 0.2) is 48.5 Å². The van der Waals surface area contributed by atoms with Crippen LogP contribution in [0.2, 0.25) is 0 Å². The van der Waals surface area contributed by atoms with Gasteiger partial charge in [-0.25, -0.2) is 0 Å². The first kappa shape index (κ1) is 23.8. The summed E-state index contributed by atoms with van der Waals surface area (Å²) in [6.07, 6.45) is 1.70. The summed E-state index contributed by atoms with van der Waals surface area (Å²) in [5.74, 6) is 0.0545. The highest BCUT2D eigenvalue weighted by molar-refractivity contribution is 5.78. The quantitative estimate of drug-likeness (QED) is 0.287. The molecule has 4 nitrogen and oxygen atoms in total. The molecule has 0 heterocycles. The number of hydrogen-bond acceptors (Lipinski definition) is 4. The fourth-order valence-electron chi connectivity index (χ4n) is 3.81. The third kappa shape index (κ3) is 6.27. The summed E-state index contributed by atoms with van der Waals surface area (Å²) in [7, 11) is 0. The number of hydrogen-bond donors (Lipinski definition) is 0. The summed E-state index contributed by atoms with van der Waals surface area (Å²) in [6.45, 7) is 13.4. The van der Waals surface area contributed by atoms with Crippen molar-refractivity contribution in [2.24, 2.45) is 5.92 Å². The molecule has 0 saturated carbocycles. The Morgan fingerprint density at radius 2 is 1.60 bits per heavy atom. The monoisotopic (exact) mass is 409 g/mol. The van der Waals surface area contributed by atoms with Gasteiger partial charge in [0.1, 0.15) is 12.0 Å². The van der Waals surface area contributed by atoms with Gasteiger partial charge in [0, 0.05) is 29.1 Å². The van der Waals surface area contributed by atoms with E-state index >= 15 is 0 Å². The number of nitrogens with zero attached hydrogens (tertiary/aromatic N) is 1. The van der Waals surface area contributed by atoms with Crippen LogP contribution in [0.5, 0.6) is 5.75 Å². The predicted molar refractivity (Wildman–Crippen MR) is 122 cm³/mol. The lowest BCUT2D eigenvalue weighted by Gasteiger charge is -2.32. The zero-order valence-electron chi connectivity index (χ0n) is 19.1. The highest BCUT2D eigenvalue weighted by atomic mass is 16.5. The van der Waals surface area contributed by atoms with Crippen molar-refractivity contribution in [3.05, 3.63) is 65.2 Å². The van der Waals surface area contributed by atoms with Crippen molar-refractivity contribution in [1.29, 1.82) is 0 Å². The zero-order valence-corrected chi connectivity index (χ0v) is 19.1. The molecule has 0 radical (unpaired) electrons. The van der Waals surface area contributed by atoms with Crippen LogP contribution in [0.1, 0.15) is 75.4 Å². The molecule has 0 aromatic heterocycles. The summed E-state index contributed by atoms with van der Waals surface area (Å²) >= 11 is 0. The average Bonchev–Trinajstić information content (AvgIpc) is 2.71. The molecule has 0 unspecified atom stereocenters. The van der Waals surface area contributed by atoms with Crippen LogP contribution in [0.4, 0.5) is 0 Å². The van der Waals surface area contributed by atoms with Crippen LogP contribution < -0.4 is 4.74 Å². The maximum Gasteiger partial charge on any atom is 0.313 e.